The average Bonchev–Trinajstić information content (AvgIpc) is 2.70. The SMILES string of the molecule is N#CC1(Cc2ccc3c(c2)OCO3)COC1. The second kappa shape index (κ2) is 3.39. The minimum atomic E-state index is -0.340. The Morgan fingerprint density at radius 2 is 2.06 bits per heavy atom. The molecule has 1 aromatic carbocycles. The molecule has 2 heterocycles. The Hall–Kier alpha value is -1.73. The van der Waals surface area contributed by atoms with Crippen LogP contribution in [-0.4, -0.2) is 20.0 Å². The molecule has 0 aliphatic carbocycles. The summed E-state index contributed by atoms with van der Waals surface area (Å²) in [6.07, 6.45) is 0.708. The van der Waals surface area contributed by atoms with Crippen molar-refractivity contribution in [1.29, 1.82) is 5.26 Å². The molecule has 0 spiro atoms. The van der Waals surface area contributed by atoms with Crippen LogP contribution < -0.4 is 9.47 Å². The summed E-state index contributed by atoms with van der Waals surface area (Å²) in [5.74, 6) is 1.55. The Morgan fingerprint density at radius 1 is 1.25 bits per heavy atom. The van der Waals surface area contributed by atoms with Crippen molar-refractivity contribution in [1.82, 2.24) is 0 Å². The summed E-state index contributed by atoms with van der Waals surface area (Å²) in [5, 5.41) is 9.11. The summed E-state index contributed by atoms with van der Waals surface area (Å²) in [5.41, 5.74) is 0.752. The first-order valence-electron chi connectivity index (χ1n) is 5.19. The molecule has 0 bridgehead atoms. The summed E-state index contributed by atoms with van der Waals surface area (Å²) in [7, 11) is 0. The number of fused-ring (bicyclic) bond motifs is 1. The van der Waals surface area contributed by atoms with E-state index in [1.165, 1.54) is 0 Å². The fraction of sp³-hybridized carbons (Fsp3) is 0.417. The van der Waals surface area contributed by atoms with E-state index in [4.69, 9.17) is 19.5 Å². The summed E-state index contributed by atoms with van der Waals surface area (Å²) in [6, 6.07) is 8.15. The molecule has 1 fully saturated rings. The Balaban J connectivity index is 1.83. The molecule has 1 saturated heterocycles. The summed E-state index contributed by atoms with van der Waals surface area (Å²) >= 11 is 0. The van der Waals surface area contributed by atoms with Crippen LogP contribution in [0.25, 0.3) is 0 Å². The number of ether oxygens (including phenoxy) is 3. The van der Waals surface area contributed by atoms with Gasteiger partial charge in [-0.05, 0) is 24.1 Å². The molecule has 2 aliphatic rings. The first kappa shape index (κ1) is 9.49. The molecular weight excluding hydrogens is 206 g/mol. The number of hydrogen-bond donors (Lipinski definition) is 0. The van der Waals surface area contributed by atoms with Crippen LogP contribution in [0.4, 0.5) is 0 Å². The zero-order chi connectivity index (χ0) is 11.0. The first-order valence-corrected chi connectivity index (χ1v) is 5.19. The third-order valence-corrected chi connectivity index (χ3v) is 2.97. The Kier molecular flexibility index (Phi) is 2.01. The third-order valence-electron chi connectivity index (χ3n) is 2.97. The Morgan fingerprint density at radius 3 is 2.75 bits per heavy atom. The van der Waals surface area contributed by atoms with Crippen LogP contribution in [0.2, 0.25) is 0 Å². The highest BCUT2D eigenvalue weighted by Crippen LogP contribution is 2.36. The molecule has 2 aliphatic heterocycles. The topological polar surface area (TPSA) is 51.5 Å². The van der Waals surface area contributed by atoms with Crippen LogP contribution in [0.5, 0.6) is 11.5 Å². The smallest absolute Gasteiger partial charge is 0.231 e. The summed E-state index contributed by atoms with van der Waals surface area (Å²) < 4.78 is 15.7. The molecule has 3 rings (SSSR count). The maximum absolute atomic E-state index is 9.11. The van der Waals surface area contributed by atoms with Crippen molar-refractivity contribution in [2.45, 2.75) is 6.42 Å². The maximum Gasteiger partial charge on any atom is 0.231 e. The van der Waals surface area contributed by atoms with E-state index < -0.39 is 0 Å². The number of benzene rings is 1. The van der Waals surface area contributed by atoms with Gasteiger partial charge in [0.15, 0.2) is 11.5 Å². The minimum absolute atomic E-state index is 0.283. The lowest BCUT2D eigenvalue weighted by Crippen LogP contribution is -2.43. The van der Waals surface area contributed by atoms with E-state index in [1.54, 1.807) is 0 Å². The quantitative estimate of drug-likeness (QED) is 0.753. The van der Waals surface area contributed by atoms with Gasteiger partial charge in [0.25, 0.3) is 0 Å². The lowest BCUT2D eigenvalue weighted by molar-refractivity contribution is -0.0765. The summed E-state index contributed by atoms with van der Waals surface area (Å²) in [4.78, 5) is 0. The van der Waals surface area contributed by atoms with Crippen LogP contribution >= 0.6 is 0 Å². The van der Waals surface area contributed by atoms with Crippen molar-refractivity contribution in [3.8, 4) is 17.6 Å². The fourth-order valence-corrected chi connectivity index (χ4v) is 2.00. The fourth-order valence-electron chi connectivity index (χ4n) is 2.00. The van der Waals surface area contributed by atoms with E-state index in [0.717, 1.165) is 17.1 Å². The van der Waals surface area contributed by atoms with Crippen molar-refractivity contribution < 1.29 is 14.2 Å². The van der Waals surface area contributed by atoms with Crippen LogP contribution in [0, 0.1) is 16.7 Å². The van der Waals surface area contributed by atoms with Gasteiger partial charge in [-0.15, -0.1) is 0 Å². The van der Waals surface area contributed by atoms with E-state index in [9.17, 15) is 0 Å². The van der Waals surface area contributed by atoms with Crippen molar-refractivity contribution in [2.75, 3.05) is 20.0 Å². The van der Waals surface area contributed by atoms with Crippen LogP contribution in [0.1, 0.15) is 5.56 Å². The number of nitriles is 1. The molecule has 0 atom stereocenters. The molecular formula is C12H11NO3. The highest BCUT2D eigenvalue weighted by atomic mass is 16.7. The van der Waals surface area contributed by atoms with Crippen LogP contribution in [0.15, 0.2) is 18.2 Å². The van der Waals surface area contributed by atoms with Gasteiger partial charge in [-0.25, -0.2) is 0 Å². The van der Waals surface area contributed by atoms with Gasteiger partial charge in [0.1, 0.15) is 5.41 Å². The highest BCUT2D eigenvalue weighted by molar-refractivity contribution is 5.45. The van der Waals surface area contributed by atoms with Crippen molar-refractivity contribution in [3.05, 3.63) is 23.8 Å². The average molecular weight is 217 g/mol. The number of hydrogen-bond acceptors (Lipinski definition) is 4. The second-order valence-electron chi connectivity index (χ2n) is 4.25. The van der Waals surface area contributed by atoms with Gasteiger partial charge in [-0.3, -0.25) is 0 Å². The van der Waals surface area contributed by atoms with Crippen LogP contribution in [0.3, 0.4) is 0 Å². The van der Waals surface area contributed by atoms with E-state index in [1.807, 2.05) is 18.2 Å². The normalized spacial score (nSPS) is 19.9. The highest BCUT2D eigenvalue weighted by Gasteiger charge is 2.39. The predicted octanol–water partition coefficient (Wildman–Crippen LogP) is 1.50. The van der Waals surface area contributed by atoms with Crippen LogP contribution in [-0.2, 0) is 11.2 Å². The predicted molar refractivity (Wildman–Crippen MR) is 55.1 cm³/mol. The molecule has 0 N–H and O–H groups in total. The van der Waals surface area contributed by atoms with Gasteiger partial charge in [0, 0.05) is 0 Å². The van der Waals surface area contributed by atoms with E-state index in [-0.39, 0.29) is 12.2 Å². The maximum atomic E-state index is 9.11. The molecule has 0 unspecified atom stereocenters. The summed E-state index contributed by atoms with van der Waals surface area (Å²) in [6.45, 7) is 1.33. The van der Waals surface area contributed by atoms with E-state index in [2.05, 4.69) is 6.07 Å². The van der Waals surface area contributed by atoms with Gasteiger partial charge in [0.2, 0.25) is 6.79 Å². The van der Waals surface area contributed by atoms with Crippen molar-refractivity contribution in [2.24, 2.45) is 5.41 Å². The molecule has 1 aromatic rings. The van der Waals surface area contributed by atoms with E-state index in [0.29, 0.717) is 19.6 Å². The van der Waals surface area contributed by atoms with Crippen molar-refractivity contribution >= 4 is 0 Å². The van der Waals surface area contributed by atoms with E-state index >= 15 is 0 Å². The monoisotopic (exact) mass is 217 g/mol. The number of nitrogens with zero attached hydrogens (tertiary/aromatic N) is 1. The lowest BCUT2D eigenvalue weighted by atomic mass is 9.81. The largest absolute Gasteiger partial charge is 0.454 e. The Bertz CT molecular complexity index is 460. The molecule has 0 amide bonds. The zero-order valence-electron chi connectivity index (χ0n) is 8.73. The van der Waals surface area contributed by atoms with Gasteiger partial charge < -0.3 is 14.2 Å². The molecule has 4 heteroatoms. The molecule has 82 valence electrons. The standard InChI is InChI=1S/C12H11NO3/c13-5-12(6-14-7-12)4-9-1-2-10-11(3-9)16-8-15-10/h1-3H,4,6-8H2. The van der Waals surface area contributed by atoms with Gasteiger partial charge in [0.05, 0.1) is 19.3 Å². The zero-order valence-corrected chi connectivity index (χ0v) is 8.73. The third kappa shape index (κ3) is 1.41. The Labute approximate surface area is 93.3 Å². The molecule has 0 aromatic heterocycles. The van der Waals surface area contributed by atoms with Gasteiger partial charge in [-0.2, -0.15) is 5.26 Å². The number of rotatable bonds is 2. The van der Waals surface area contributed by atoms with Gasteiger partial charge >= 0.3 is 0 Å². The molecule has 4 nitrogen and oxygen atoms in total. The first-order chi connectivity index (χ1) is 7.81. The minimum Gasteiger partial charge on any atom is -0.454 e. The molecule has 0 radical (unpaired) electrons. The lowest BCUT2D eigenvalue weighted by Gasteiger charge is -2.35. The van der Waals surface area contributed by atoms with Gasteiger partial charge in [-0.1, -0.05) is 6.07 Å². The molecule has 0 saturated carbocycles. The second-order valence-corrected chi connectivity index (χ2v) is 4.25. The molecule has 16 heavy (non-hydrogen) atoms. The van der Waals surface area contributed by atoms with Crippen molar-refractivity contribution in [3.63, 3.8) is 0 Å².